The number of ether oxygens (including phenoxy) is 1. The molecule has 1 aliphatic heterocycles. The molecule has 0 aliphatic carbocycles. The average Bonchev–Trinajstić information content (AvgIpc) is 2.67. The minimum absolute atomic E-state index is 0.146. The van der Waals surface area contributed by atoms with Gasteiger partial charge in [-0.15, -0.1) is 11.6 Å². The molecule has 0 saturated heterocycles. The summed E-state index contributed by atoms with van der Waals surface area (Å²) >= 11 is 5.60. The third kappa shape index (κ3) is 5.18. The first-order chi connectivity index (χ1) is 13.8. The van der Waals surface area contributed by atoms with Crippen LogP contribution in [0.25, 0.3) is 5.70 Å². The molecule has 2 aromatic carbocycles. The summed E-state index contributed by atoms with van der Waals surface area (Å²) in [6.07, 6.45) is 2.68. The number of allylic oxidation sites excluding steroid dienone is 1. The van der Waals surface area contributed by atoms with Crippen molar-refractivity contribution in [3.05, 3.63) is 65.2 Å². The molecule has 0 radical (unpaired) electrons. The Hall–Kier alpha value is -2.79. The predicted molar refractivity (Wildman–Crippen MR) is 117 cm³/mol. The fraction of sp³-hybridized carbons (Fsp3) is 0.304. The summed E-state index contributed by atoms with van der Waals surface area (Å²) < 4.78 is 5.35. The first-order valence-corrected chi connectivity index (χ1v) is 10.0. The Bertz CT molecular complexity index is 966. The monoisotopic (exact) mass is 412 g/mol. The molecule has 0 unspecified atom stereocenters. The highest BCUT2D eigenvalue weighted by molar-refractivity contribution is 6.19. The first kappa shape index (κ1) is 20.9. The van der Waals surface area contributed by atoms with Crippen LogP contribution in [0.3, 0.4) is 0 Å². The molecule has 0 saturated carbocycles. The summed E-state index contributed by atoms with van der Waals surface area (Å²) in [6.45, 7) is 4.21. The number of hydrogen-bond donors (Lipinski definition) is 2. The Balaban J connectivity index is 1.92. The van der Waals surface area contributed by atoms with Crippen molar-refractivity contribution in [2.75, 3.05) is 18.3 Å². The van der Waals surface area contributed by atoms with Gasteiger partial charge in [0.25, 0.3) is 0 Å². The molecule has 152 valence electrons. The SMILES string of the molecule is COc1ccc2c(c1)C(=CC(=O)c1cccc(NC(=O)CCCl)c1)NC(C)(C)C2. The van der Waals surface area contributed by atoms with E-state index in [1.165, 1.54) is 0 Å². The zero-order valence-corrected chi connectivity index (χ0v) is 17.6. The molecule has 29 heavy (non-hydrogen) atoms. The second kappa shape index (κ2) is 8.70. The van der Waals surface area contributed by atoms with Gasteiger partial charge in [-0.1, -0.05) is 18.2 Å². The molecule has 1 aliphatic rings. The van der Waals surface area contributed by atoms with Crippen molar-refractivity contribution in [3.63, 3.8) is 0 Å². The number of anilines is 1. The quantitative estimate of drug-likeness (QED) is 0.419. The van der Waals surface area contributed by atoms with Crippen molar-refractivity contribution < 1.29 is 14.3 Å². The standard InChI is InChI=1S/C23H25ClN2O3/c1-23(2)14-16-7-8-18(29-3)12-19(16)20(26-23)13-21(27)15-5-4-6-17(11-15)25-22(28)9-10-24/h4-8,11-13,26H,9-10,14H2,1-3H3,(H,25,28). The number of benzene rings is 2. The zero-order valence-electron chi connectivity index (χ0n) is 16.8. The van der Waals surface area contributed by atoms with Crippen molar-refractivity contribution in [3.8, 4) is 5.75 Å². The van der Waals surface area contributed by atoms with E-state index in [1.807, 2.05) is 18.2 Å². The van der Waals surface area contributed by atoms with E-state index in [-0.39, 0.29) is 29.5 Å². The topological polar surface area (TPSA) is 67.4 Å². The normalized spacial score (nSPS) is 15.9. The molecule has 0 fully saturated rings. The molecule has 0 atom stereocenters. The summed E-state index contributed by atoms with van der Waals surface area (Å²) in [6, 6.07) is 12.8. The molecule has 2 N–H and O–H groups in total. The molecular formula is C23H25ClN2O3. The zero-order chi connectivity index (χ0) is 21.0. The van der Waals surface area contributed by atoms with Crippen LogP contribution in [0.15, 0.2) is 48.5 Å². The maximum Gasteiger partial charge on any atom is 0.225 e. The Kier molecular flexibility index (Phi) is 6.28. The van der Waals surface area contributed by atoms with E-state index in [4.69, 9.17) is 16.3 Å². The van der Waals surface area contributed by atoms with Crippen LogP contribution in [0, 0.1) is 0 Å². The molecule has 0 aromatic heterocycles. The van der Waals surface area contributed by atoms with Crippen molar-refractivity contribution in [1.29, 1.82) is 0 Å². The minimum atomic E-state index is -0.181. The molecule has 1 heterocycles. The van der Waals surface area contributed by atoms with Gasteiger partial charge in [-0.05, 0) is 50.1 Å². The Morgan fingerprint density at radius 2 is 2.03 bits per heavy atom. The van der Waals surface area contributed by atoms with Gasteiger partial charge in [-0.3, -0.25) is 9.59 Å². The molecule has 0 bridgehead atoms. The number of nitrogens with one attached hydrogen (secondary N) is 2. The molecule has 2 aromatic rings. The number of hydrogen-bond acceptors (Lipinski definition) is 4. The van der Waals surface area contributed by atoms with Crippen molar-refractivity contribution in [1.82, 2.24) is 5.32 Å². The smallest absolute Gasteiger partial charge is 0.225 e. The van der Waals surface area contributed by atoms with Crippen LogP contribution in [0.4, 0.5) is 5.69 Å². The van der Waals surface area contributed by atoms with Gasteiger partial charge in [-0.25, -0.2) is 0 Å². The number of rotatable bonds is 6. The fourth-order valence-corrected chi connectivity index (χ4v) is 3.60. The molecule has 5 nitrogen and oxygen atoms in total. The van der Waals surface area contributed by atoms with Crippen molar-refractivity contribution in [2.45, 2.75) is 32.2 Å². The molecule has 3 rings (SSSR count). The second-order valence-electron chi connectivity index (χ2n) is 7.70. The predicted octanol–water partition coefficient (Wildman–Crippen LogP) is 4.41. The third-order valence-corrected chi connectivity index (χ3v) is 4.93. The summed E-state index contributed by atoms with van der Waals surface area (Å²) in [4.78, 5) is 24.7. The molecule has 0 spiro atoms. The number of carbonyl (C=O) groups is 2. The van der Waals surface area contributed by atoms with Gasteiger partial charge >= 0.3 is 0 Å². The Labute approximate surface area is 176 Å². The largest absolute Gasteiger partial charge is 0.497 e. The van der Waals surface area contributed by atoms with E-state index in [1.54, 1.807) is 37.5 Å². The van der Waals surface area contributed by atoms with E-state index in [9.17, 15) is 9.59 Å². The minimum Gasteiger partial charge on any atom is -0.497 e. The van der Waals surface area contributed by atoms with Crippen LogP contribution >= 0.6 is 11.6 Å². The van der Waals surface area contributed by atoms with E-state index < -0.39 is 0 Å². The Morgan fingerprint density at radius 3 is 2.76 bits per heavy atom. The highest BCUT2D eigenvalue weighted by Gasteiger charge is 2.28. The highest BCUT2D eigenvalue weighted by atomic mass is 35.5. The van der Waals surface area contributed by atoms with Crippen LogP contribution < -0.4 is 15.4 Å². The number of methoxy groups -OCH3 is 1. The van der Waals surface area contributed by atoms with E-state index in [0.717, 1.165) is 29.0 Å². The highest BCUT2D eigenvalue weighted by Crippen LogP contribution is 2.32. The molecule has 1 amide bonds. The van der Waals surface area contributed by atoms with Crippen LogP contribution in [0.5, 0.6) is 5.75 Å². The number of amides is 1. The number of alkyl halides is 1. The van der Waals surface area contributed by atoms with Gasteiger partial charge in [0.15, 0.2) is 5.78 Å². The van der Waals surface area contributed by atoms with Crippen LogP contribution in [-0.2, 0) is 11.2 Å². The van der Waals surface area contributed by atoms with Crippen LogP contribution in [-0.4, -0.2) is 30.2 Å². The van der Waals surface area contributed by atoms with Crippen molar-refractivity contribution >= 4 is 34.7 Å². The van der Waals surface area contributed by atoms with Gasteiger partial charge < -0.3 is 15.4 Å². The van der Waals surface area contributed by atoms with Gasteiger partial charge in [0.1, 0.15) is 5.75 Å². The number of carbonyl (C=O) groups excluding carboxylic acids is 2. The summed E-state index contributed by atoms with van der Waals surface area (Å²) in [5, 5.41) is 6.22. The lowest BCUT2D eigenvalue weighted by molar-refractivity contribution is -0.115. The number of ketones is 1. The molecule has 6 heteroatoms. The maximum absolute atomic E-state index is 13.0. The maximum atomic E-state index is 13.0. The molecular weight excluding hydrogens is 388 g/mol. The lowest BCUT2D eigenvalue weighted by atomic mass is 9.85. The third-order valence-electron chi connectivity index (χ3n) is 4.74. The number of fused-ring (bicyclic) bond motifs is 1. The summed E-state index contributed by atoms with van der Waals surface area (Å²) in [5.41, 5.74) is 3.78. The van der Waals surface area contributed by atoms with Crippen LogP contribution in [0.1, 0.15) is 41.8 Å². The average molecular weight is 413 g/mol. The summed E-state index contributed by atoms with van der Waals surface area (Å²) in [5.74, 6) is 0.667. The fourth-order valence-electron chi connectivity index (χ4n) is 3.43. The Morgan fingerprint density at radius 1 is 1.24 bits per heavy atom. The van der Waals surface area contributed by atoms with E-state index >= 15 is 0 Å². The lowest BCUT2D eigenvalue weighted by Gasteiger charge is -2.35. The van der Waals surface area contributed by atoms with Gasteiger partial charge in [-0.2, -0.15) is 0 Å². The second-order valence-corrected chi connectivity index (χ2v) is 8.08. The van der Waals surface area contributed by atoms with Crippen molar-refractivity contribution in [2.24, 2.45) is 0 Å². The van der Waals surface area contributed by atoms with Crippen LogP contribution in [0.2, 0.25) is 0 Å². The van der Waals surface area contributed by atoms with Gasteiger partial charge in [0.05, 0.1) is 7.11 Å². The lowest BCUT2D eigenvalue weighted by Crippen LogP contribution is -2.43. The summed E-state index contributed by atoms with van der Waals surface area (Å²) in [7, 11) is 1.63. The number of halogens is 1. The van der Waals surface area contributed by atoms with E-state index in [0.29, 0.717) is 11.3 Å². The van der Waals surface area contributed by atoms with E-state index in [2.05, 4.69) is 24.5 Å². The first-order valence-electron chi connectivity index (χ1n) is 9.49. The van der Waals surface area contributed by atoms with Gasteiger partial charge in [0, 0.05) is 46.4 Å². The van der Waals surface area contributed by atoms with Gasteiger partial charge in [0.2, 0.25) is 5.91 Å².